The van der Waals surface area contributed by atoms with Crippen LogP contribution in [-0.2, 0) is 33.8 Å². The second-order valence-electron chi connectivity index (χ2n) is 10.6. The van der Waals surface area contributed by atoms with E-state index in [9.17, 15) is 9.59 Å². The van der Waals surface area contributed by atoms with E-state index in [1.54, 1.807) is 4.90 Å². The second kappa shape index (κ2) is 12.1. The highest BCUT2D eigenvalue weighted by atomic mass is 35.5. The van der Waals surface area contributed by atoms with Crippen molar-refractivity contribution < 1.29 is 14.3 Å². The van der Waals surface area contributed by atoms with Crippen molar-refractivity contribution in [3.8, 4) is 0 Å². The zero-order chi connectivity index (χ0) is 28.3. The van der Waals surface area contributed by atoms with E-state index < -0.39 is 6.04 Å². The number of carbonyl (C=O) groups is 2. The highest BCUT2D eigenvalue weighted by Crippen LogP contribution is 2.34. The molecule has 3 aromatic carbocycles. The molecule has 3 aromatic rings. The van der Waals surface area contributed by atoms with Gasteiger partial charge in [0, 0.05) is 31.1 Å². The summed E-state index contributed by atoms with van der Waals surface area (Å²) in [4.78, 5) is 31.2. The molecule has 3 heterocycles. The number of ether oxygens (including phenoxy) is 1. The van der Waals surface area contributed by atoms with Crippen LogP contribution in [0.3, 0.4) is 0 Å². The fraction of sp³-hybridized carbons (Fsp3) is 0.312. The van der Waals surface area contributed by atoms with E-state index in [1.807, 2.05) is 83.8 Å². The van der Waals surface area contributed by atoms with Crippen molar-refractivity contribution >= 4 is 23.4 Å². The summed E-state index contributed by atoms with van der Waals surface area (Å²) in [6.07, 6.45) is 1.50. The minimum absolute atomic E-state index is 0.0646. The number of benzene rings is 3. The van der Waals surface area contributed by atoms with Crippen molar-refractivity contribution in [2.75, 3.05) is 19.6 Å². The molecule has 4 atom stereocenters. The van der Waals surface area contributed by atoms with Crippen LogP contribution in [0.2, 0.25) is 5.02 Å². The van der Waals surface area contributed by atoms with Crippen LogP contribution in [0, 0.1) is 0 Å². The Labute approximate surface area is 245 Å². The molecule has 2 amide bonds. The van der Waals surface area contributed by atoms with Crippen molar-refractivity contribution in [1.82, 2.24) is 25.1 Å². The van der Waals surface area contributed by atoms with Crippen LogP contribution >= 0.6 is 11.6 Å². The number of epoxide rings is 1. The van der Waals surface area contributed by atoms with Crippen molar-refractivity contribution in [2.45, 2.75) is 44.2 Å². The fourth-order valence-electron chi connectivity index (χ4n) is 5.86. The maximum Gasteiger partial charge on any atom is 0.246 e. The van der Waals surface area contributed by atoms with Crippen LogP contribution in [0.5, 0.6) is 0 Å². The van der Waals surface area contributed by atoms with Crippen molar-refractivity contribution in [1.29, 1.82) is 0 Å². The molecule has 3 aliphatic heterocycles. The topological polar surface area (TPSA) is 71.7 Å². The SMILES string of the molecule is C=CCN(C1OC1NCc1ccccc1)N1CC(=O)N2[C@@H](Cc3ccccc3)C(=O)N(Cc3ccccc3Cl)C[C@@H]21. The molecule has 6 rings (SSSR count). The van der Waals surface area contributed by atoms with E-state index in [0.717, 1.165) is 11.1 Å². The van der Waals surface area contributed by atoms with Crippen LogP contribution < -0.4 is 5.32 Å². The average molecular weight is 572 g/mol. The monoisotopic (exact) mass is 571 g/mol. The number of fused-ring (bicyclic) bond motifs is 1. The van der Waals surface area contributed by atoms with E-state index in [0.29, 0.717) is 37.6 Å². The van der Waals surface area contributed by atoms with Gasteiger partial charge in [0.1, 0.15) is 12.2 Å². The first-order valence-electron chi connectivity index (χ1n) is 14.0. The zero-order valence-corrected chi connectivity index (χ0v) is 23.6. The molecule has 3 aliphatic rings. The Morgan fingerprint density at radius 3 is 2.37 bits per heavy atom. The molecule has 8 nitrogen and oxygen atoms in total. The Morgan fingerprint density at radius 2 is 1.66 bits per heavy atom. The van der Waals surface area contributed by atoms with Gasteiger partial charge in [0.25, 0.3) is 0 Å². The number of hydrogen-bond acceptors (Lipinski definition) is 6. The highest BCUT2D eigenvalue weighted by molar-refractivity contribution is 6.31. The van der Waals surface area contributed by atoms with Crippen LogP contribution in [-0.4, -0.2) is 75.9 Å². The van der Waals surface area contributed by atoms with Gasteiger partial charge in [-0.3, -0.25) is 14.9 Å². The number of nitrogens with one attached hydrogen (secondary N) is 1. The highest BCUT2D eigenvalue weighted by Gasteiger charge is 2.55. The average Bonchev–Trinajstić information content (AvgIpc) is 3.69. The van der Waals surface area contributed by atoms with E-state index in [2.05, 4.69) is 34.0 Å². The van der Waals surface area contributed by atoms with Gasteiger partial charge in [0.2, 0.25) is 11.8 Å². The van der Waals surface area contributed by atoms with E-state index >= 15 is 0 Å². The first kappa shape index (κ1) is 27.6. The first-order chi connectivity index (χ1) is 20.0. The van der Waals surface area contributed by atoms with Crippen molar-refractivity contribution in [3.05, 3.63) is 119 Å². The number of hydrogen-bond donors (Lipinski definition) is 1. The van der Waals surface area contributed by atoms with Gasteiger partial charge in [-0.15, -0.1) is 6.58 Å². The van der Waals surface area contributed by atoms with Gasteiger partial charge in [-0.1, -0.05) is 96.5 Å². The molecule has 0 radical (unpaired) electrons. The minimum Gasteiger partial charge on any atom is -0.335 e. The van der Waals surface area contributed by atoms with Gasteiger partial charge in [0.05, 0.1) is 13.1 Å². The third-order valence-electron chi connectivity index (χ3n) is 7.92. The molecule has 3 saturated heterocycles. The molecule has 41 heavy (non-hydrogen) atoms. The summed E-state index contributed by atoms with van der Waals surface area (Å²) in [6.45, 7) is 6.06. The summed E-state index contributed by atoms with van der Waals surface area (Å²) in [7, 11) is 0. The Bertz CT molecular complexity index is 1390. The Morgan fingerprint density at radius 1 is 0.976 bits per heavy atom. The molecular weight excluding hydrogens is 538 g/mol. The molecule has 0 aliphatic carbocycles. The van der Waals surface area contributed by atoms with Gasteiger partial charge in [-0.05, 0) is 22.8 Å². The van der Waals surface area contributed by atoms with E-state index in [-0.39, 0.29) is 37.0 Å². The van der Waals surface area contributed by atoms with Crippen LogP contribution in [0.4, 0.5) is 0 Å². The number of amides is 2. The molecule has 3 fully saturated rings. The quantitative estimate of drug-likeness (QED) is 0.280. The molecule has 0 aromatic heterocycles. The Kier molecular flexibility index (Phi) is 8.18. The molecule has 0 saturated carbocycles. The summed E-state index contributed by atoms with van der Waals surface area (Å²) < 4.78 is 6.06. The fourth-order valence-corrected chi connectivity index (χ4v) is 6.05. The van der Waals surface area contributed by atoms with E-state index in [4.69, 9.17) is 16.3 Å². The van der Waals surface area contributed by atoms with Gasteiger partial charge in [0.15, 0.2) is 12.5 Å². The number of piperazine rings is 1. The smallest absolute Gasteiger partial charge is 0.246 e. The minimum atomic E-state index is -0.617. The zero-order valence-electron chi connectivity index (χ0n) is 22.8. The van der Waals surface area contributed by atoms with Crippen LogP contribution in [0.1, 0.15) is 16.7 Å². The lowest BCUT2D eigenvalue weighted by Gasteiger charge is -2.46. The molecule has 212 valence electrons. The molecule has 1 N–H and O–H groups in total. The van der Waals surface area contributed by atoms with Crippen molar-refractivity contribution in [3.63, 3.8) is 0 Å². The van der Waals surface area contributed by atoms with Gasteiger partial charge in [-0.2, -0.15) is 0 Å². The predicted octanol–water partition coefficient (Wildman–Crippen LogP) is 3.64. The molecule has 0 bridgehead atoms. The summed E-state index contributed by atoms with van der Waals surface area (Å²) in [5, 5.41) is 8.21. The van der Waals surface area contributed by atoms with E-state index in [1.165, 1.54) is 5.56 Å². The first-order valence-corrected chi connectivity index (χ1v) is 14.4. The van der Waals surface area contributed by atoms with Crippen molar-refractivity contribution in [2.24, 2.45) is 0 Å². The largest absolute Gasteiger partial charge is 0.335 e. The van der Waals surface area contributed by atoms with Gasteiger partial charge >= 0.3 is 0 Å². The second-order valence-corrected chi connectivity index (χ2v) is 11.0. The lowest BCUT2D eigenvalue weighted by atomic mass is 10.00. The summed E-state index contributed by atoms with van der Waals surface area (Å²) >= 11 is 6.50. The lowest BCUT2D eigenvalue weighted by molar-refractivity contribution is -0.161. The normalized spacial score (nSPS) is 24.1. The number of carbonyl (C=O) groups excluding carboxylic acids is 2. The third kappa shape index (κ3) is 5.93. The lowest BCUT2D eigenvalue weighted by Crippen LogP contribution is -2.65. The number of rotatable bonds is 11. The maximum absolute atomic E-state index is 14.0. The van der Waals surface area contributed by atoms with Crippen LogP contribution in [0.15, 0.2) is 97.6 Å². The maximum atomic E-state index is 14.0. The Hall–Kier alpha value is -3.53. The van der Waals surface area contributed by atoms with Crippen LogP contribution in [0.25, 0.3) is 0 Å². The third-order valence-corrected chi connectivity index (χ3v) is 8.28. The number of halogens is 1. The molecule has 0 spiro atoms. The summed E-state index contributed by atoms with van der Waals surface area (Å²) in [5.41, 5.74) is 3.06. The number of hydrazine groups is 1. The standard InChI is InChI=1S/C32H34ClN5O3/c1-2-17-36(32-30(41-32)34-19-24-13-7-4-8-14-24)37-22-29(39)38-27(18-23-11-5-3-6-12-23)31(40)35(21-28(37)38)20-25-15-9-10-16-26(25)33/h2-16,27-28,30,32,34H,1,17-22H2/t27-,28+,30?,32?/m0/s1. The molecule has 9 heteroatoms. The summed E-state index contributed by atoms with van der Waals surface area (Å²) in [6, 6.07) is 27.0. The summed E-state index contributed by atoms with van der Waals surface area (Å²) in [5.74, 6) is -0.134. The number of nitrogens with zero attached hydrogens (tertiary/aromatic N) is 4. The predicted molar refractivity (Wildman–Crippen MR) is 157 cm³/mol. The van der Waals surface area contributed by atoms with Gasteiger partial charge in [-0.25, -0.2) is 10.0 Å². The molecule has 2 unspecified atom stereocenters. The van der Waals surface area contributed by atoms with Gasteiger partial charge < -0.3 is 14.5 Å². The Balaban J connectivity index is 1.25. The molecular formula is C32H34ClN5O3.